The molecule has 0 saturated heterocycles. The molecule has 0 bridgehead atoms. The van der Waals surface area contributed by atoms with Crippen LogP contribution in [0.15, 0.2) is 24.3 Å². The second-order valence-electron chi connectivity index (χ2n) is 5.13. The first-order valence-electron chi connectivity index (χ1n) is 7.36. The summed E-state index contributed by atoms with van der Waals surface area (Å²) in [7, 11) is 0. The van der Waals surface area contributed by atoms with Gasteiger partial charge in [0, 0.05) is 12.8 Å². The first-order chi connectivity index (χ1) is 10.2. The van der Waals surface area contributed by atoms with E-state index < -0.39 is 12.1 Å². The monoisotopic (exact) mass is 291 g/mol. The number of alkyl carbamates (subject to hydrolysis) is 1. The van der Waals surface area contributed by atoms with Gasteiger partial charge in [0.25, 0.3) is 0 Å². The SMILES string of the molecule is CCCCOC(=O)NCC(=O)OC1Cc2ccccc2C1. The first kappa shape index (κ1) is 15.4. The van der Waals surface area contributed by atoms with Crippen molar-refractivity contribution in [1.82, 2.24) is 5.32 Å². The van der Waals surface area contributed by atoms with E-state index in [1.165, 1.54) is 11.1 Å². The van der Waals surface area contributed by atoms with E-state index in [1.54, 1.807) is 0 Å². The summed E-state index contributed by atoms with van der Waals surface area (Å²) in [5.41, 5.74) is 2.45. The number of esters is 1. The fourth-order valence-corrected chi connectivity index (χ4v) is 2.33. The van der Waals surface area contributed by atoms with E-state index >= 15 is 0 Å². The molecular weight excluding hydrogens is 270 g/mol. The van der Waals surface area contributed by atoms with Gasteiger partial charge in [-0.05, 0) is 17.5 Å². The number of nitrogens with one attached hydrogen (secondary N) is 1. The summed E-state index contributed by atoms with van der Waals surface area (Å²) in [4.78, 5) is 23.0. The molecule has 0 atom stereocenters. The van der Waals surface area contributed by atoms with Gasteiger partial charge in [-0.25, -0.2) is 4.79 Å². The third-order valence-electron chi connectivity index (χ3n) is 3.42. The van der Waals surface area contributed by atoms with Crippen LogP contribution in [0.5, 0.6) is 0 Å². The molecular formula is C16H21NO4. The minimum atomic E-state index is -0.574. The lowest BCUT2D eigenvalue weighted by Gasteiger charge is -2.12. The zero-order valence-corrected chi connectivity index (χ0v) is 12.3. The maximum Gasteiger partial charge on any atom is 0.407 e. The summed E-state index contributed by atoms with van der Waals surface area (Å²) < 4.78 is 10.3. The van der Waals surface area contributed by atoms with Crippen molar-refractivity contribution in [3.63, 3.8) is 0 Å². The predicted octanol–water partition coefficient (Wildman–Crippen LogP) is 2.22. The van der Waals surface area contributed by atoms with Crippen LogP contribution in [0.3, 0.4) is 0 Å². The highest BCUT2D eigenvalue weighted by atomic mass is 16.6. The van der Waals surface area contributed by atoms with Crippen molar-refractivity contribution in [1.29, 1.82) is 0 Å². The molecule has 0 radical (unpaired) electrons. The van der Waals surface area contributed by atoms with Gasteiger partial charge in [-0.2, -0.15) is 0 Å². The van der Waals surface area contributed by atoms with Crippen LogP contribution in [0, 0.1) is 0 Å². The molecule has 0 aromatic heterocycles. The van der Waals surface area contributed by atoms with E-state index in [4.69, 9.17) is 9.47 Å². The van der Waals surface area contributed by atoms with Crippen LogP contribution in [-0.2, 0) is 27.1 Å². The van der Waals surface area contributed by atoms with Gasteiger partial charge in [0.05, 0.1) is 6.61 Å². The van der Waals surface area contributed by atoms with Gasteiger partial charge in [-0.3, -0.25) is 4.79 Å². The van der Waals surface area contributed by atoms with Gasteiger partial charge >= 0.3 is 12.1 Å². The van der Waals surface area contributed by atoms with Crippen molar-refractivity contribution in [3.05, 3.63) is 35.4 Å². The van der Waals surface area contributed by atoms with Crippen LogP contribution in [0.4, 0.5) is 4.79 Å². The van der Waals surface area contributed by atoms with Gasteiger partial charge in [0.2, 0.25) is 0 Å². The summed E-state index contributed by atoms with van der Waals surface area (Å²) in [6.45, 7) is 2.23. The summed E-state index contributed by atoms with van der Waals surface area (Å²) >= 11 is 0. The van der Waals surface area contributed by atoms with E-state index in [9.17, 15) is 9.59 Å². The van der Waals surface area contributed by atoms with Gasteiger partial charge < -0.3 is 14.8 Å². The molecule has 21 heavy (non-hydrogen) atoms. The molecule has 5 nitrogen and oxygen atoms in total. The van der Waals surface area contributed by atoms with Gasteiger partial charge in [-0.1, -0.05) is 37.6 Å². The lowest BCUT2D eigenvalue weighted by Crippen LogP contribution is -2.33. The molecule has 0 heterocycles. The average Bonchev–Trinajstić information content (AvgIpc) is 2.87. The summed E-state index contributed by atoms with van der Waals surface area (Å²) in [5, 5.41) is 2.40. The topological polar surface area (TPSA) is 64.6 Å². The molecule has 1 aliphatic rings. The van der Waals surface area contributed by atoms with Crippen molar-refractivity contribution in [3.8, 4) is 0 Å². The number of unbranched alkanes of at least 4 members (excludes halogenated alkanes) is 1. The molecule has 1 aromatic rings. The summed E-state index contributed by atoms with van der Waals surface area (Å²) in [5.74, 6) is -0.430. The summed E-state index contributed by atoms with van der Waals surface area (Å²) in [6, 6.07) is 8.06. The maximum atomic E-state index is 11.7. The van der Waals surface area contributed by atoms with Crippen molar-refractivity contribution in [2.24, 2.45) is 0 Å². The minimum Gasteiger partial charge on any atom is -0.460 e. The number of benzene rings is 1. The van der Waals surface area contributed by atoms with E-state index in [-0.39, 0.29) is 12.6 Å². The maximum absolute atomic E-state index is 11.7. The fourth-order valence-electron chi connectivity index (χ4n) is 2.33. The Balaban J connectivity index is 1.66. The Morgan fingerprint density at radius 3 is 2.52 bits per heavy atom. The Hall–Kier alpha value is -2.04. The lowest BCUT2D eigenvalue weighted by atomic mass is 10.1. The Morgan fingerprint density at radius 2 is 1.90 bits per heavy atom. The van der Waals surface area contributed by atoms with Gasteiger partial charge in [0.15, 0.2) is 0 Å². The number of amides is 1. The molecule has 0 fully saturated rings. The van der Waals surface area contributed by atoms with Crippen molar-refractivity contribution >= 4 is 12.1 Å². The minimum absolute atomic E-state index is 0.132. The Labute approximate surface area is 124 Å². The van der Waals surface area contributed by atoms with E-state index in [0.29, 0.717) is 6.61 Å². The highest BCUT2D eigenvalue weighted by molar-refractivity contribution is 5.78. The standard InChI is InChI=1S/C16H21NO4/c1-2-3-8-20-16(19)17-11-15(18)21-14-9-12-6-4-5-7-13(12)10-14/h4-7,14H,2-3,8-11H2,1H3,(H,17,19). The highest BCUT2D eigenvalue weighted by Crippen LogP contribution is 2.23. The predicted molar refractivity (Wildman–Crippen MR) is 78.0 cm³/mol. The zero-order valence-electron chi connectivity index (χ0n) is 12.3. The molecule has 0 aliphatic heterocycles. The number of hydrogen-bond donors (Lipinski definition) is 1. The molecule has 114 valence electrons. The van der Waals surface area contributed by atoms with Gasteiger partial charge in [0.1, 0.15) is 12.6 Å². The third-order valence-corrected chi connectivity index (χ3v) is 3.42. The highest BCUT2D eigenvalue weighted by Gasteiger charge is 2.24. The van der Waals surface area contributed by atoms with E-state index in [2.05, 4.69) is 5.32 Å². The van der Waals surface area contributed by atoms with Crippen LogP contribution in [0.25, 0.3) is 0 Å². The lowest BCUT2D eigenvalue weighted by molar-refractivity contribution is -0.147. The van der Waals surface area contributed by atoms with Crippen LogP contribution >= 0.6 is 0 Å². The molecule has 1 N–H and O–H groups in total. The second-order valence-corrected chi connectivity index (χ2v) is 5.13. The normalized spacial score (nSPS) is 13.6. The van der Waals surface area contributed by atoms with E-state index in [0.717, 1.165) is 25.7 Å². The molecule has 0 unspecified atom stereocenters. The zero-order chi connectivity index (χ0) is 15.1. The number of carbonyl (C=O) groups is 2. The van der Waals surface area contributed by atoms with Crippen LogP contribution in [-0.4, -0.2) is 31.3 Å². The van der Waals surface area contributed by atoms with Crippen molar-refractivity contribution in [2.45, 2.75) is 38.7 Å². The molecule has 1 aliphatic carbocycles. The quantitative estimate of drug-likeness (QED) is 0.645. The molecule has 1 aromatic carbocycles. The molecule has 1 amide bonds. The number of ether oxygens (including phenoxy) is 2. The molecule has 0 spiro atoms. The van der Waals surface area contributed by atoms with Crippen molar-refractivity contribution < 1.29 is 19.1 Å². The number of rotatable bonds is 6. The Bertz CT molecular complexity index is 476. The van der Waals surface area contributed by atoms with Crippen LogP contribution in [0.2, 0.25) is 0 Å². The first-order valence-corrected chi connectivity index (χ1v) is 7.36. The summed E-state index contributed by atoms with van der Waals surface area (Å²) in [6.07, 6.45) is 2.55. The fraction of sp³-hybridized carbons (Fsp3) is 0.500. The Kier molecular flexibility index (Phi) is 5.60. The van der Waals surface area contributed by atoms with Crippen molar-refractivity contribution in [2.75, 3.05) is 13.2 Å². The smallest absolute Gasteiger partial charge is 0.407 e. The average molecular weight is 291 g/mol. The molecule has 5 heteroatoms. The van der Waals surface area contributed by atoms with E-state index in [1.807, 2.05) is 31.2 Å². The second kappa shape index (κ2) is 7.67. The third kappa shape index (κ3) is 4.77. The largest absolute Gasteiger partial charge is 0.460 e. The Morgan fingerprint density at radius 1 is 1.24 bits per heavy atom. The molecule has 0 saturated carbocycles. The van der Waals surface area contributed by atoms with Crippen LogP contribution in [0.1, 0.15) is 30.9 Å². The van der Waals surface area contributed by atoms with Gasteiger partial charge in [-0.15, -0.1) is 0 Å². The number of fused-ring (bicyclic) bond motifs is 1. The number of hydrogen-bond acceptors (Lipinski definition) is 4. The van der Waals surface area contributed by atoms with Crippen LogP contribution < -0.4 is 5.32 Å². The molecule has 2 rings (SSSR count). The number of carbonyl (C=O) groups excluding carboxylic acids is 2.